The van der Waals surface area contributed by atoms with Crippen LogP contribution in [0.1, 0.15) is 34.4 Å². The molecule has 0 saturated carbocycles. The molecule has 6 nitrogen and oxygen atoms in total. The minimum Gasteiger partial charge on any atom is -0.473 e. The molecule has 0 unspecified atom stereocenters. The first-order chi connectivity index (χ1) is 11.7. The van der Waals surface area contributed by atoms with Crippen LogP contribution >= 0.6 is 22.7 Å². The Balaban J connectivity index is 1.51. The average Bonchev–Trinajstić information content (AvgIpc) is 3.32. The van der Waals surface area contributed by atoms with Gasteiger partial charge >= 0.3 is 0 Å². The molecule has 24 heavy (non-hydrogen) atoms. The number of carbonyl (C=O) groups excluding carboxylic acids is 1. The largest absolute Gasteiger partial charge is 0.473 e. The molecule has 1 aromatic carbocycles. The predicted octanol–water partition coefficient (Wildman–Crippen LogP) is 3.87. The van der Waals surface area contributed by atoms with E-state index in [2.05, 4.69) is 15.3 Å². The number of aromatic nitrogens is 2. The highest BCUT2D eigenvalue weighted by Crippen LogP contribution is 2.31. The summed E-state index contributed by atoms with van der Waals surface area (Å²) in [5.41, 5.74) is 1.99. The number of amides is 1. The highest BCUT2D eigenvalue weighted by molar-refractivity contribution is 7.20. The molecule has 3 heterocycles. The Morgan fingerprint density at radius 3 is 3.12 bits per heavy atom. The fourth-order valence-corrected chi connectivity index (χ4v) is 4.28. The number of fused-ring (bicyclic) bond motifs is 1. The van der Waals surface area contributed by atoms with Gasteiger partial charge in [0.25, 0.3) is 11.1 Å². The molecule has 3 aromatic rings. The van der Waals surface area contributed by atoms with Crippen molar-refractivity contribution in [3.63, 3.8) is 0 Å². The zero-order valence-electron chi connectivity index (χ0n) is 12.9. The van der Waals surface area contributed by atoms with Crippen molar-refractivity contribution in [1.82, 2.24) is 9.97 Å². The molecule has 1 atom stereocenters. The van der Waals surface area contributed by atoms with Crippen LogP contribution in [0.15, 0.2) is 23.6 Å². The van der Waals surface area contributed by atoms with E-state index in [0.717, 1.165) is 34.7 Å². The Morgan fingerprint density at radius 2 is 2.33 bits per heavy atom. The van der Waals surface area contributed by atoms with Gasteiger partial charge in [-0.3, -0.25) is 4.79 Å². The van der Waals surface area contributed by atoms with Gasteiger partial charge in [0.2, 0.25) is 0 Å². The Hall–Kier alpha value is -2.03. The lowest BCUT2D eigenvalue weighted by Gasteiger charge is -2.04. The van der Waals surface area contributed by atoms with Crippen molar-refractivity contribution in [3.8, 4) is 5.19 Å². The molecule has 0 spiro atoms. The Kier molecular flexibility index (Phi) is 4.17. The first-order valence-electron chi connectivity index (χ1n) is 7.56. The summed E-state index contributed by atoms with van der Waals surface area (Å²) in [6.45, 7) is 0.768. The van der Waals surface area contributed by atoms with Gasteiger partial charge in [-0.15, -0.1) is 11.3 Å². The van der Waals surface area contributed by atoms with Crippen LogP contribution in [0.25, 0.3) is 10.2 Å². The molecule has 0 bridgehead atoms. The van der Waals surface area contributed by atoms with Crippen LogP contribution < -0.4 is 10.1 Å². The highest BCUT2D eigenvalue weighted by atomic mass is 32.1. The molecule has 2 aromatic heterocycles. The lowest BCUT2D eigenvalue weighted by atomic mass is 10.2. The van der Waals surface area contributed by atoms with Crippen molar-refractivity contribution in [2.24, 2.45) is 0 Å². The van der Waals surface area contributed by atoms with Crippen LogP contribution in [0.2, 0.25) is 0 Å². The molecule has 0 radical (unpaired) electrons. The smallest absolute Gasteiger partial charge is 0.275 e. The van der Waals surface area contributed by atoms with E-state index < -0.39 is 0 Å². The molecule has 1 amide bonds. The lowest BCUT2D eigenvalue weighted by Crippen LogP contribution is -2.12. The summed E-state index contributed by atoms with van der Waals surface area (Å²) in [6.07, 6.45) is 2.06. The molecule has 1 N–H and O–H groups in total. The summed E-state index contributed by atoms with van der Waals surface area (Å²) >= 11 is 2.91. The van der Waals surface area contributed by atoms with Gasteiger partial charge in [-0.2, -0.15) is 0 Å². The molecule has 124 valence electrons. The second-order valence-corrected chi connectivity index (χ2v) is 7.28. The standard InChI is InChI=1S/C16H15N3O3S2/c1-21-16-19-10-5-4-9(7-13(10)24-16)17-14(20)11-8-23-15(18-11)12-3-2-6-22-12/h4-5,7-8,12H,2-3,6H2,1H3,(H,17,20)/t12-/m1/s1. The second kappa shape index (κ2) is 6.46. The van der Waals surface area contributed by atoms with E-state index in [4.69, 9.17) is 9.47 Å². The van der Waals surface area contributed by atoms with Crippen molar-refractivity contribution < 1.29 is 14.3 Å². The zero-order valence-corrected chi connectivity index (χ0v) is 14.6. The zero-order chi connectivity index (χ0) is 16.5. The Bertz CT molecular complexity index is 884. The van der Waals surface area contributed by atoms with Crippen molar-refractivity contribution in [3.05, 3.63) is 34.3 Å². The van der Waals surface area contributed by atoms with Crippen molar-refractivity contribution in [1.29, 1.82) is 0 Å². The monoisotopic (exact) mass is 361 g/mol. The molecular formula is C16H15N3O3S2. The summed E-state index contributed by atoms with van der Waals surface area (Å²) in [4.78, 5) is 21.1. The van der Waals surface area contributed by atoms with Crippen LogP contribution in [0.5, 0.6) is 5.19 Å². The fourth-order valence-electron chi connectivity index (χ4n) is 2.58. The molecule has 1 aliphatic heterocycles. The van der Waals surface area contributed by atoms with E-state index in [0.29, 0.717) is 16.6 Å². The molecular weight excluding hydrogens is 346 g/mol. The Labute approximate surface area is 146 Å². The number of anilines is 1. The van der Waals surface area contributed by atoms with E-state index in [1.165, 1.54) is 22.7 Å². The van der Waals surface area contributed by atoms with Crippen LogP contribution in [0.4, 0.5) is 5.69 Å². The number of ether oxygens (including phenoxy) is 2. The van der Waals surface area contributed by atoms with E-state index in [-0.39, 0.29) is 12.0 Å². The quantitative estimate of drug-likeness (QED) is 0.764. The summed E-state index contributed by atoms with van der Waals surface area (Å²) in [5.74, 6) is -0.216. The van der Waals surface area contributed by atoms with Crippen LogP contribution in [-0.4, -0.2) is 29.6 Å². The summed E-state index contributed by atoms with van der Waals surface area (Å²) in [7, 11) is 1.59. The maximum atomic E-state index is 12.4. The highest BCUT2D eigenvalue weighted by Gasteiger charge is 2.22. The predicted molar refractivity (Wildman–Crippen MR) is 94.2 cm³/mol. The molecule has 1 aliphatic rings. The molecule has 0 aliphatic carbocycles. The number of hydrogen-bond acceptors (Lipinski definition) is 7. The summed E-state index contributed by atoms with van der Waals surface area (Å²) < 4.78 is 11.7. The second-order valence-electron chi connectivity index (χ2n) is 5.39. The van der Waals surface area contributed by atoms with Crippen molar-refractivity contribution >= 4 is 44.5 Å². The molecule has 1 fully saturated rings. The van der Waals surface area contributed by atoms with Gasteiger partial charge in [-0.25, -0.2) is 9.97 Å². The van der Waals surface area contributed by atoms with Crippen LogP contribution in [0, 0.1) is 0 Å². The number of thiazole rings is 2. The van der Waals surface area contributed by atoms with E-state index >= 15 is 0 Å². The number of carbonyl (C=O) groups is 1. The number of benzene rings is 1. The summed E-state index contributed by atoms with van der Waals surface area (Å²) in [5, 5.41) is 6.14. The first kappa shape index (κ1) is 15.5. The molecule has 8 heteroatoms. The van der Waals surface area contributed by atoms with E-state index in [9.17, 15) is 4.79 Å². The summed E-state index contributed by atoms with van der Waals surface area (Å²) in [6, 6.07) is 5.58. The number of hydrogen-bond donors (Lipinski definition) is 1. The van der Waals surface area contributed by atoms with Gasteiger partial charge in [0.05, 0.1) is 17.3 Å². The third kappa shape index (κ3) is 3.00. The topological polar surface area (TPSA) is 73.3 Å². The third-order valence-corrected chi connectivity index (χ3v) is 5.68. The maximum Gasteiger partial charge on any atom is 0.275 e. The minimum absolute atomic E-state index is 0.0394. The SMILES string of the molecule is COc1nc2ccc(NC(=O)c3csc([C@H]4CCCO4)n3)cc2s1. The van der Waals surface area contributed by atoms with Gasteiger partial charge in [0, 0.05) is 17.7 Å². The fraction of sp³-hybridized carbons (Fsp3) is 0.312. The molecule has 4 rings (SSSR count). The number of nitrogens with one attached hydrogen (secondary N) is 1. The van der Waals surface area contributed by atoms with E-state index in [1.54, 1.807) is 12.5 Å². The Morgan fingerprint density at radius 1 is 1.42 bits per heavy atom. The van der Waals surface area contributed by atoms with Gasteiger partial charge in [0.15, 0.2) is 0 Å². The average molecular weight is 361 g/mol. The lowest BCUT2D eigenvalue weighted by molar-refractivity contribution is 0.101. The maximum absolute atomic E-state index is 12.4. The molecule has 1 saturated heterocycles. The van der Waals surface area contributed by atoms with Gasteiger partial charge in [-0.1, -0.05) is 11.3 Å². The van der Waals surface area contributed by atoms with Gasteiger partial charge in [-0.05, 0) is 31.0 Å². The van der Waals surface area contributed by atoms with Crippen LogP contribution in [-0.2, 0) is 4.74 Å². The van der Waals surface area contributed by atoms with Crippen LogP contribution in [0.3, 0.4) is 0 Å². The van der Waals surface area contributed by atoms with Gasteiger partial charge in [0.1, 0.15) is 16.8 Å². The normalized spacial score (nSPS) is 17.3. The third-order valence-electron chi connectivity index (χ3n) is 3.76. The van der Waals surface area contributed by atoms with Crippen molar-refractivity contribution in [2.45, 2.75) is 18.9 Å². The number of rotatable bonds is 4. The van der Waals surface area contributed by atoms with E-state index in [1.807, 2.05) is 18.2 Å². The number of methoxy groups -OCH3 is 1. The first-order valence-corrected chi connectivity index (χ1v) is 9.25. The van der Waals surface area contributed by atoms with Crippen molar-refractivity contribution in [2.75, 3.05) is 19.0 Å². The number of nitrogens with zero attached hydrogens (tertiary/aromatic N) is 2. The van der Waals surface area contributed by atoms with Gasteiger partial charge < -0.3 is 14.8 Å². The minimum atomic E-state index is -0.216.